The van der Waals surface area contributed by atoms with Crippen molar-refractivity contribution in [1.82, 2.24) is 0 Å². The first-order chi connectivity index (χ1) is 8.37. The molecule has 1 aliphatic heterocycles. The number of hydrogen-bond donors (Lipinski definition) is 1. The number of rotatable bonds is 4. The maximum absolute atomic E-state index is 11.0. The Morgan fingerprint density at radius 2 is 2.17 bits per heavy atom. The molecule has 1 N–H and O–H groups in total. The Morgan fingerprint density at radius 1 is 1.50 bits per heavy atom. The van der Waals surface area contributed by atoms with Gasteiger partial charge in [0, 0.05) is 9.89 Å². The Kier molecular flexibility index (Phi) is 3.52. The predicted octanol–water partition coefficient (Wildman–Crippen LogP) is 3.22. The molecular formula is C14H17BrO3. The van der Waals surface area contributed by atoms with Gasteiger partial charge in [0.1, 0.15) is 0 Å². The van der Waals surface area contributed by atoms with Crippen molar-refractivity contribution in [2.45, 2.75) is 25.7 Å². The van der Waals surface area contributed by atoms with E-state index in [1.807, 2.05) is 26.0 Å². The minimum absolute atomic E-state index is 0.142. The van der Waals surface area contributed by atoms with Crippen LogP contribution in [0, 0.1) is 5.41 Å². The SMILES string of the molecule is CC(C)(CC(=O)O)C1(c2cccc(Br)c2)COC1. The highest BCUT2D eigenvalue weighted by atomic mass is 79.9. The molecule has 0 unspecified atom stereocenters. The molecule has 0 amide bonds. The van der Waals surface area contributed by atoms with Gasteiger partial charge in [0.25, 0.3) is 0 Å². The van der Waals surface area contributed by atoms with Crippen LogP contribution in [-0.4, -0.2) is 24.3 Å². The molecule has 1 aromatic rings. The fraction of sp³-hybridized carbons (Fsp3) is 0.500. The minimum Gasteiger partial charge on any atom is -0.481 e. The van der Waals surface area contributed by atoms with Crippen molar-refractivity contribution in [1.29, 1.82) is 0 Å². The molecule has 0 atom stereocenters. The number of ether oxygens (including phenoxy) is 1. The Morgan fingerprint density at radius 3 is 2.61 bits per heavy atom. The number of aliphatic carboxylic acids is 1. The lowest BCUT2D eigenvalue weighted by atomic mass is 9.59. The molecule has 2 rings (SSSR count). The second-order valence-electron chi connectivity index (χ2n) is 5.54. The highest BCUT2D eigenvalue weighted by Crippen LogP contribution is 2.49. The van der Waals surface area contributed by atoms with Gasteiger partial charge in [-0.25, -0.2) is 0 Å². The summed E-state index contributed by atoms with van der Waals surface area (Å²) in [5.74, 6) is -0.763. The van der Waals surface area contributed by atoms with Crippen LogP contribution in [0.3, 0.4) is 0 Å². The normalized spacial score (nSPS) is 18.2. The van der Waals surface area contributed by atoms with E-state index in [0.29, 0.717) is 13.2 Å². The number of halogens is 1. The van der Waals surface area contributed by atoms with E-state index in [-0.39, 0.29) is 17.3 Å². The van der Waals surface area contributed by atoms with E-state index < -0.39 is 5.97 Å². The van der Waals surface area contributed by atoms with Gasteiger partial charge >= 0.3 is 5.97 Å². The lowest BCUT2D eigenvalue weighted by Gasteiger charge is -2.52. The van der Waals surface area contributed by atoms with Gasteiger partial charge < -0.3 is 9.84 Å². The number of benzene rings is 1. The number of hydrogen-bond acceptors (Lipinski definition) is 2. The van der Waals surface area contributed by atoms with Crippen molar-refractivity contribution in [3.05, 3.63) is 34.3 Å². The van der Waals surface area contributed by atoms with Crippen LogP contribution in [0.4, 0.5) is 0 Å². The number of carboxylic acid groups (broad SMARTS) is 1. The summed E-state index contributed by atoms with van der Waals surface area (Å²) in [7, 11) is 0. The van der Waals surface area contributed by atoms with E-state index >= 15 is 0 Å². The third kappa shape index (κ3) is 2.19. The summed E-state index contributed by atoms with van der Waals surface area (Å²) in [6.07, 6.45) is 0.142. The van der Waals surface area contributed by atoms with Gasteiger partial charge in [-0.3, -0.25) is 4.79 Å². The Labute approximate surface area is 115 Å². The highest BCUT2D eigenvalue weighted by Gasteiger charge is 2.52. The maximum Gasteiger partial charge on any atom is 0.303 e. The van der Waals surface area contributed by atoms with Crippen LogP contribution < -0.4 is 0 Å². The third-order valence-electron chi connectivity index (χ3n) is 3.96. The molecule has 1 aromatic carbocycles. The van der Waals surface area contributed by atoms with Gasteiger partial charge in [0.2, 0.25) is 0 Å². The molecule has 1 saturated heterocycles. The van der Waals surface area contributed by atoms with Crippen molar-refractivity contribution in [2.24, 2.45) is 5.41 Å². The molecule has 0 saturated carbocycles. The summed E-state index contributed by atoms with van der Waals surface area (Å²) in [6, 6.07) is 8.07. The lowest BCUT2D eigenvalue weighted by Crippen LogP contribution is -2.57. The summed E-state index contributed by atoms with van der Waals surface area (Å²) < 4.78 is 6.40. The third-order valence-corrected chi connectivity index (χ3v) is 4.46. The Bertz CT molecular complexity index is 464. The van der Waals surface area contributed by atoms with E-state index in [9.17, 15) is 4.79 Å². The zero-order valence-electron chi connectivity index (χ0n) is 10.6. The van der Waals surface area contributed by atoms with E-state index in [4.69, 9.17) is 9.84 Å². The molecule has 0 aromatic heterocycles. The van der Waals surface area contributed by atoms with Crippen molar-refractivity contribution >= 4 is 21.9 Å². The summed E-state index contributed by atoms with van der Waals surface area (Å²) >= 11 is 3.47. The molecule has 0 radical (unpaired) electrons. The molecule has 18 heavy (non-hydrogen) atoms. The molecule has 1 fully saturated rings. The van der Waals surface area contributed by atoms with E-state index in [1.54, 1.807) is 0 Å². The zero-order valence-corrected chi connectivity index (χ0v) is 12.2. The summed E-state index contributed by atoms with van der Waals surface area (Å²) in [6.45, 7) is 5.18. The van der Waals surface area contributed by atoms with Crippen LogP contribution in [0.1, 0.15) is 25.8 Å². The second-order valence-corrected chi connectivity index (χ2v) is 6.46. The van der Waals surface area contributed by atoms with Crippen molar-refractivity contribution in [3.63, 3.8) is 0 Å². The average molecular weight is 313 g/mol. The summed E-state index contributed by atoms with van der Waals surface area (Å²) in [4.78, 5) is 11.0. The van der Waals surface area contributed by atoms with Crippen LogP contribution >= 0.6 is 15.9 Å². The quantitative estimate of drug-likeness (QED) is 0.928. The first-order valence-corrected chi connectivity index (χ1v) is 6.72. The second kappa shape index (κ2) is 4.67. The standard InChI is InChI=1S/C14H17BrO3/c1-13(2,7-12(16)17)14(8-18-9-14)10-4-3-5-11(15)6-10/h3-6H,7-9H2,1-2H3,(H,16,17). The molecule has 0 spiro atoms. The van der Waals surface area contributed by atoms with Gasteiger partial charge in [-0.15, -0.1) is 0 Å². The van der Waals surface area contributed by atoms with Crippen molar-refractivity contribution in [2.75, 3.05) is 13.2 Å². The smallest absolute Gasteiger partial charge is 0.303 e. The van der Waals surface area contributed by atoms with E-state index in [2.05, 4.69) is 28.1 Å². The fourth-order valence-electron chi connectivity index (χ4n) is 2.59. The summed E-state index contributed by atoms with van der Waals surface area (Å²) in [5.41, 5.74) is 0.613. The topological polar surface area (TPSA) is 46.5 Å². The summed E-state index contributed by atoms with van der Waals surface area (Å²) in [5, 5.41) is 9.08. The zero-order chi connectivity index (χ0) is 13.4. The van der Waals surface area contributed by atoms with Crippen LogP contribution in [-0.2, 0) is 14.9 Å². The molecule has 98 valence electrons. The molecule has 1 aliphatic rings. The molecular weight excluding hydrogens is 296 g/mol. The monoisotopic (exact) mass is 312 g/mol. The molecule has 1 heterocycles. The van der Waals surface area contributed by atoms with E-state index in [0.717, 1.165) is 10.0 Å². The largest absolute Gasteiger partial charge is 0.481 e. The lowest BCUT2D eigenvalue weighted by molar-refractivity contribution is -0.151. The van der Waals surface area contributed by atoms with Gasteiger partial charge in [-0.1, -0.05) is 41.9 Å². The Balaban J connectivity index is 2.39. The first-order valence-electron chi connectivity index (χ1n) is 5.93. The predicted molar refractivity (Wildman–Crippen MR) is 72.7 cm³/mol. The molecule has 4 heteroatoms. The minimum atomic E-state index is -0.763. The van der Waals surface area contributed by atoms with Gasteiger partial charge in [-0.05, 0) is 23.1 Å². The fourth-order valence-corrected chi connectivity index (χ4v) is 2.99. The average Bonchev–Trinajstić information content (AvgIpc) is 2.12. The van der Waals surface area contributed by atoms with Crippen molar-refractivity contribution < 1.29 is 14.6 Å². The number of carbonyl (C=O) groups is 1. The Hall–Kier alpha value is -0.870. The van der Waals surface area contributed by atoms with E-state index in [1.165, 1.54) is 0 Å². The van der Waals surface area contributed by atoms with Crippen molar-refractivity contribution in [3.8, 4) is 0 Å². The van der Waals surface area contributed by atoms with Gasteiger partial charge in [0.05, 0.1) is 19.6 Å². The number of carboxylic acids is 1. The van der Waals surface area contributed by atoms with Crippen LogP contribution in [0.2, 0.25) is 0 Å². The molecule has 3 nitrogen and oxygen atoms in total. The first kappa shape index (κ1) is 13.6. The molecule has 0 aliphatic carbocycles. The maximum atomic E-state index is 11.0. The molecule has 0 bridgehead atoms. The van der Waals surface area contributed by atoms with Crippen LogP contribution in [0.5, 0.6) is 0 Å². The van der Waals surface area contributed by atoms with Crippen LogP contribution in [0.15, 0.2) is 28.7 Å². The van der Waals surface area contributed by atoms with Gasteiger partial charge in [-0.2, -0.15) is 0 Å². The highest BCUT2D eigenvalue weighted by molar-refractivity contribution is 9.10. The van der Waals surface area contributed by atoms with Crippen LogP contribution in [0.25, 0.3) is 0 Å². The van der Waals surface area contributed by atoms with Gasteiger partial charge in [0.15, 0.2) is 0 Å².